The summed E-state index contributed by atoms with van der Waals surface area (Å²) in [4.78, 5) is 31.3. The van der Waals surface area contributed by atoms with Crippen LogP contribution in [-0.2, 0) is 20.9 Å². The van der Waals surface area contributed by atoms with E-state index in [-0.39, 0.29) is 18.1 Å². The topological polar surface area (TPSA) is 90.4 Å². The van der Waals surface area contributed by atoms with Crippen molar-refractivity contribution < 1.29 is 27.8 Å². The first-order valence-electron chi connectivity index (χ1n) is 10.6. The molecule has 0 amide bonds. The van der Waals surface area contributed by atoms with Crippen LogP contribution in [0, 0.1) is 11.6 Å². The Kier molecular flexibility index (Phi) is 5.88. The maximum Gasteiger partial charge on any atom is 0.215 e. The molecule has 0 saturated carbocycles. The third-order valence-electron chi connectivity index (χ3n) is 5.33. The lowest BCUT2D eigenvalue weighted by Crippen LogP contribution is -2.17. The summed E-state index contributed by atoms with van der Waals surface area (Å²) in [6, 6.07) is 15.4. The minimum Gasteiger partial charge on any atom is -0.486 e. The summed E-state index contributed by atoms with van der Waals surface area (Å²) in [7, 11) is 0. The van der Waals surface area contributed by atoms with E-state index >= 15 is 0 Å². The van der Waals surface area contributed by atoms with Crippen molar-refractivity contribution >= 4 is 40.2 Å². The van der Waals surface area contributed by atoms with Crippen molar-refractivity contribution in [3.8, 4) is 5.75 Å². The summed E-state index contributed by atoms with van der Waals surface area (Å²) >= 11 is 0. The lowest BCUT2D eigenvalue weighted by atomic mass is 10.1. The van der Waals surface area contributed by atoms with E-state index in [0.717, 1.165) is 0 Å². The third-order valence-corrected chi connectivity index (χ3v) is 5.33. The number of aromatic nitrogens is 2. The van der Waals surface area contributed by atoms with E-state index in [4.69, 9.17) is 9.47 Å². The molecular weight excluding hydrogens is 456 g/mol. The number of hydrogen-bond acceptors (Lipinski definition) is 7. The number of nitrogens with zero attached hydrogens (tertiary/aromatic N) is 2. The number of rotatable bonds is 7. The first-order valence-corrected chi connectivity index (χ1v) is 10.6. The second-order valence-corrected chi connectivity index (χ2v) is 7.73. The van der Waals surface area contributed by atoms with E-state index in [9.17, 15) is 18.4 Å². The minimum absolute atomic E-state index is 0.0200. The van der Waals surface area contributed by atoms with Crippen LogP contribution in [-0.4, -0.2) is 28.1 Å². The van der Waals surface area contributed by atoms with Crippen molar-refractivity contribution in [2.24, 2.45) is 0 Å². The van der Waals surface area contributed by atoms with Crippen molar-refractivity contribution in [3.05, 3.63) is 95.8 Å². The van der Waals surface area contributed by atoms with Crippen molar-refractivity contribution in [2.75, 3.05) is 5.32 Å². The Hall–Kier alpha value is -4.66. The molecule has 2 heterocycles. The van der Waals surface area contributed by atoms with Crippen LogP contribution in [0.4, 0.5) is 20.3 Å². The van der Waals surface area contributed by atoms with E-state index < -0.39 is 23.5 Å². The second-order valence-electron chi connectivity index (χ2n) is 7.73. The molecule has 1 N–H and O–H groups in total. The number of nitrogens with one attached hydrogen (secondary N) is 1. The fourth-order valence-electron chi connectivity index (χ4n) is 3.62. The van der Waals surface area contributed by atoms with Gasteiger partial charge in [0.25, 0.3) is 0 Å². The van der Waals surface area contributed by atoms with E-state index in [1.54, 1.807) is 36.4 Å². The Balaban J connectivity index is 1.37. The van der Waals surface area contributed by atoms with Gasteiger partial charge in [-0.15, -0.1) is 0 Å². The highest BCUT2D eigenvalue weighted by Crippen LogP contribution is 2.30. The van der Waals surface area contributed by atoms with Gasteiger partial charge >= 0.3 is 0 Å². The number of carbonyl (C=O) groups excluding carboxylic acids is 2. The molecule has 1 atom stereocenters. The summed E-state index contributed by atoms with van der Waals surface area (Å²) < 4.78 is 38.9. The zero-order valence-electron chi connectivity index (χ0n) is 18.1. The molecule has 0 spiro atoms. The van der Waals surface area contributed by atoms with Crippen LogP contribution in [0.25, 0.3) is 16.7 Å². The number of ether oxygens (including phenoxy) is 2. The van der Waals surface area contributed by atoms with Gasteiger partial charge in [-0.2, -0.15) is 0 Å². The number of halogens is 2. The summed E-state index contributed by atoms with van der Waals surface area (Å²) in [6.07, 6.45) is 1.95. The average Bonchev–Trinajstić information content (AvgIpc) is 3.24. The fraction of sp³-hybridized carbons (Fsp3) is 0.0769. The smallest absolute Gasteiger partial charge is 0.215 e. The molecule has 35 heavy (non-hydrogen) atoms. The van der Waals surface area contributed by atoms with Crippen LogP contribution in [0.3, 0.4) is 0 Å². The number of hydrogen-bond donors (Lipinski definition) is 1. The molecule has 3 aromatic carbocycles. The van der Waals surface area contributed by atoms with Gasteiger partial charge in [-0.05, 0) is 48.0 Å². The Morgan fingerprint density at radius 3 is 2.71 bits per heavy atom. The van der Waals surface area contributed by atoms with Gasteiger partial charge in [0.05, 0.1) is 5.52 Å². The molecular formula is C26H17F2N3O4. The summed E-state index contributed by atoms with van der Waals surface area (Å²) in [5.74, 6) is -0.718. The number of anilines is 2. The Bertz CT molecular complexity index is 1490. The predicted molar refractivity (Wildman–Crippen MR) is 124 cm³/mol. The largest absolute Gasteiger partial charge is 0.486 e. The highest BCUT2D eigenvalue weighted by atomic mass is 19.1. The normalized spacial score (nSPS) is 15.0. The van der Waals surface area contributed by atoms with E-state index in [1.807, 2.05) is 0 Å². The molecule has 1 aliphatic heterocycles. The lowest BCUT2D eigenvalue weighted by Gasteiger charge is -2.12. The second kappa shape index (κ2) is 9.30. The molecule has 0 saturated heterocycles. The lowest BCUT2D eigenvalue weighted by molar-refractivity contribution is -0.126. The van der Waals surface area contributed by atoms with Crippen LogP contribution < -0.4 is 10.1 Å². The summed E-state index contributed by atoms with van der Waals surface area (Å²) in [5.41, 5.74) is 2.18. The number of benzene rings is 3. The van der Waals surface area contributed by atoms with Gasteiger partial charge in [0.1, 0.15) is 30.3 Å². The SMILES string of the molecule is O=CC1OC(c2ccc3ncnc(Nc4ccc(OCc5cccc(F)c5)c(F)c4)c3c2)=CC1=O. The number of ketones is 1. The Labute approximate surface area is 198 Å². The summed E-state index contributed by atoms with van der Waals surface area (Å²) in [5, 5.41) is 3.66. The molecule has 0 aliphatic carbocycles. The van der Waals surface area contributed by atoms with Crippen molar-refractivity contribution in [1.29, 1.82) is 0 Å². The quantitative estimate of drug-likeness (QED) is 0.306. The van der Waals surface area contributed by atoms with Crippen LogP contribution in [0.1, 0.15) is 11.1 Å². The molecule has 0 radical (unpaired) electrons. The molecule has 0 bridgehead atoms. The van der Waals surface area contributed by atoms with Gasteiger partial charge in [0, 0.05) is 28.8 Å². The standard InChI is InChI=1S/C26H17F2N3O4/c27-17-3-1-2-15(8-17)13-34-23-7-5-18(10-20(23)28)31-26-19-9-16(4-6-21(19)29-14-30-26)24-11-22(33)25(12-32)35-24/h1-12,14,25H,13H2,(H,29,30,31). The molecule has 5 rings (SSSR count). The maximum atomic E-state index is 14.7. The van der Waals surface area contributed by atoms with Gasteiger partial charge in [0.2, 0.25) is 11.9 Å². The van der Waals surface area contributed by atoms with Crippen LogP contribution in [0.2, 0.25) is 0 Å². The zero-order valence-corrected chi connectivity index (χ0v) is 18.1. The van der Waals surface area contributed by atoms with Gasteiger partial charge in [-0.25, -0.2) is 18.7 Å². The summed E-state index contributed by atoms with van der Waals surface area (Å²) in [6.45, 7) is 0.0200. The number of aldehydes is 1. The van der Waals surface area contributed by atoms with E-state index in [0.29, 0.717) is 39.8 Å². The van der Waals surface area contributed by atoms with Crippen molar-refractivity contribution in [1.82, 2.24) is 9.97 Å². The first kappa shape index (κ1) is 22.1. The molecule has 9 heteroatoms. The minimum atomic E-state index is -1.14. The Morgan fingerprint density at radius 2 is 1.94 bits per heavy atom. The molecule has 174 valence electrons. The van der Waals surface area contributed by atoms with Gasteiger partial charge in [0.15, 0.2) is 17.9 Å². The molecule has 1 unspecified atom stereocenters. The molecule has 7 nitrogen and oxygen atoms in total. The third kappa shape index (κ3) is 4.70. The highest BCUT2D eigenvalue weighted by Gasteiger charge is 2.27. The van der Waals surface area contributed by atoms with Crippen molar-refractivity contribution in [2.45, 2.75) is 12.7 Å². The van der Waals surface area contributed by atoms with Crippen molar-refractivity contribution in [3.63, 3.8) is 0 Å². The van der Waals surface area contributed by atoms with Crippen LogP contribution >= 0.6 is 0 Å². The van der Waals surface area contributed by atoms with E-state index in [2.05, 4.69) is 15.3 Å². The monoisotopic (exact) mass is 473 g/mol. The molecule has 0 fully saturated rings. The average molecular weight is 473 g/mol. The van der Waals surface area contributed by atoms with Crippen LogP contribution in [0.15, 0.2) is 73.1 Å². The highest BCUT2D eigenvalue weighted by molar-refractivity contribution is 6.10. The van der Waals surface area contributed by atoms with Gasteiger partial charge < -0.3 is 14.8 Å². The molecule has 1 aromatic heterocycles. The molecule has 4 aromatic rings. The zero-order chi connectivity index (χ0) is 24.4. The maximum absolute atomic E-state index is 14.7. The number of fused-ring (bicyclic) bond motifs is 1. The predicted octanol–water partition coefficient (Wildman–Crippen LogP) is 4.74. The first-order chi connectivity index (χ1) is 17.0. The fourth-order valence-corrected chi connectivity index (χ4v) is 3.62. The van der Waals surface area contributed by atoms with Crippen LogP contribution in [0.5, 0.6) is 5.75 Å². The Morgan fingerprint density at radius 1 is 1.06 bits per heavy atom. The van der Waals surface area contributed by atoms with E-state index in [1.165, 1.54) is 36.7 Å². The van der Waals surface area contributed by atoms with Gasteiger partial charge in [-0.3, -0.25) is 9.59 Å². The number of carbonyl (C=O) groups is 2. The van der Waals surface area contributed by atoms with Gasteiger partial charge in [-0.1, -0.05) is 12.1 Å². The molecule has 1 aliphatic rings.